The Kier molecular flexibility index (Phi) is 7.04. The molecule has 0 fully saturated rings. The van der Waals surface area contributed by atoms with Crippen LogP contribution >= 0.6 is 22.9 Å². The number of anilines is 2. The van der Waals surface area contributed by atoms with Crippen molar-refractivity contribution in [3.8, 4) is 0 Å². The molecule has 0 atom stereocenters. The lowest BCUT2D eigenvalue weighted by atomic mass is 10.2. The first-order valence-corrected chi connectivity index (χ1v) is 16.6. The number of rotatable bonds is 7. The summed E-state index contributed by atoms with van der Waals surface area (Å²) in [5.41, 5.74) is 2.59. The van der Waals surface area contributed by atoms with E-state index in [1.54, 1.807) is 54.9 Å². The van der Waals surface area contributed by atoms with Crippen molar-refractivity contribution in [3.05, 3.63) is 71.0 Å². The van der Waals surface area contributed by atoms with E-state index in [0.717, 1.165) is 22.1 Å². The summed E-state index contributed by atoms with van der Waals surface area (Å²) in [6.45, 7) is 11.0. The molecular formula is C24H27ClN4O3S2Si. The third-order valence-corrected chi connectivity index (χ3v) is 13.5. The van der Waals surface area contributed by atoms with Crippen LogP contribution in [0.1, 0.15) is 26.3 Å². The zero-order chi connectivity index (χ0) is 25.4. The monoisotopic (exact) mass is 546 g/mol. The average molecular weight is 547 g/mol. The molecule has 2 aromatic carbocycles. The van der Waals surface area contributed by atoms with E-state index in [9.17, 15) is 8.42 Å². The van der Waals surface area contributed by atoms with Gasteiger partial charge < -0.3 is 4.43 Å². The predicted octanol–water partition coefficient (Wildman–Crippen LogP) is 6.79. The molecule has 2 aromatic heterocycles. The highest BCUT2D eigenvalue weighted by atomic mass is 35.5. The molecular weight excluding hydrogens is 520 g/mol. The smallest absolute Gasteiger partial charge is 0.270 e. The van der Waals surface area contributed by atoms with Crippen LogP contribution in [0.25, 0.3) is 10.8 Å². The van der Waals surface area contributed by atoms with E-state index in [0.29, 0.717) is 16.3 Å². The summed E-state index contributed by atoms with van der Waals surface area (Å²) in [6.07, 6.45) is 3.33. The zero-order valence-electron chi connectivity index (χ0n) is 20.2. The van der Waals surface area contributed by atoms with Crippen molar-refractivity contribution >= 4 is 62.9 Å². The third kappa shape index (κ3) is 5.26. The van der Waals surface area contributed by atoms with E-state index < -0.39 is 18.3 Å². The Bertz CT molecular complexity index is 1460. The van der Waals surface area contributed by atoms with Crippen LogP contribution in [0.15, 0.2) is 65.3 Å². The van der Waals surface area contributed by atoms with Crippen molar-refractivity contribution in [3.63, 3.8) is 0 Å². The van der Waals surface area contributed by atoms with Crippen molar-refractivity contribution in [2.24, 2.45) is 0 Å². The maximum atomic E-state index is 14.1. The topological polar surface area (TPSA) is 85.3 Å². The molecule has 0 N–H and O–H groups in total. The minimum atomic E-state index is -4.05. The van der Waals surface area contributed by atoms with Gasteiger partial charge in [-0.25, -0.2) is 12.7 Å². The standard InChI is InChI=1S/C24H27ClN4O3S2Si/c1-24(2,3)35(4,5)32-15-19-12-20(25)7-9-22(19)29(23-28-27-16-33-23)34(30,31)21-8-6-18-14-26-11-10-17(18)13-21/h6-14,16H,15H2,1-5H3. The van der Waals surface area contributed by atoms with Gasteiger partial charge in [-0.05, 0) is 59.9 Å². The fourth-order valence-corrected chi connectivity index (χ4v) is 6.71. The molecule has 0 bridgehead atoms. The maximum absolute atomic E-state index is 14.1. The molecule has 0 amide bonds. The van der Waals surface area contributed by atoms with Crippen LogP contribution < -0.4 is 4.31 Å². The Morgan fingerprint density at radius 1 is 1.09 bits per heavy atom. The molecule has 0 radical (unpaired) electrons. The van der Waals surface area contributed by atoms with E-state index >= 15 is 0 Å². The molecule has 35 heavy (non-hydrogen) atoms. The quantitative estimate of drug-likeness (QED) is 0.237. The lowest BCUT2D eigenvalue weighted by Crippen LogP contribution is -2.40. The molecule has 0 aliphatic heterocycles. The fraction of sp³-hybridized carbons (Fsp3) is 0.292. The number of hydrogen-bond acceptors (Lipinski definition) is 7. The molecule has 0 saturated carbocycles. The lowest BCUT2D eigenvalue weighted by molar-refractivity contribution is 0.277. The van der Waals surface area contributed by atoms with E-state index in [2.05, 4.69) is 49.0 Å². The van der Waals surface area contributed by atoms with Gasteiger partial charge in [-0.15, -0.1) is 10.2 Å². The fourth-order valence-electron chi connectivity index (χ4n) is 3.26. The molecule has 184 valence electrons. The summed E-state index contributed by atoms with van der Waals surface area (Å²) in [6, 6.07) is 11.9. The highest BCUT2D eigenvalue weighted by Crippen LogP contribution is 2.40. The lowest BCUT2D eigenvalue weighted by Gasteiger charge is -2.36. The molecule has 0 spiro atoms. The Hall–Kier alpha value is -2.37. The van der Waals surface area contributed by atoms with Gasteiger partial charge in [0.05, 0.1) is 17.2 Å². The normalized spacial score (nSPS) is 12.7. The van der Waals surface area contributed by atoms with Crippen LogP contribution in [0.2, 0.25) is 23.2 Å². The molecule has 4 rings (SSSR count). The second-order valence-electron chi connectivity index (χ2n) is 9.70. The summed E-state index contributed by atoms with van der Waals surface area (Å²) in [4.78, 5) is 4.24. The Morgan fingerprint density at radius 3 is 2.54 bits per heavy atom. The molecule has 7 nitrogen and oxygen atoms in total. The third-order valence-electron chi connectivity index (χ3n) is 6.33. The summed E-state index contributed by atoms with van der Waals surface area (Å²) in [5, 5.41) is 10.3. The summed E-state index contributed by atoms with van der Waals surface area (Å²) < 4.78 is 35.8. The van der Waals surface area contributed by atoms with Crippen LogP contribution in [-0.4, -0.2) is 31.9 Å². The zero-order valence-corrected chi connectivity index (χ0v) is 23.6. The predicted molar refractivity (Wildman–Crippen MR) is 144 cm³/mol. The van der Waals surface area contributed by atoms with Crippen molar-refractivity contribution in [2.75, 3.05) is 4.31 Å². The molecule has 0 aliphatic rings. The first-order valence-electron chi connectivity index (χ1n) is 11.0. The number of sulfonamides is 1. The number of nitrogens with zero attached hydrogens (tertiary/aromatic N) is 4. The summed E-state index contributed by atoms with van der Waals surface area (Å²) >= 11 is 7.48. The Morgan fingerprint density at radius 2 is 1.86 bits per heavy atom. The molecule has 4 aromatic rings. The largest absolute Gasteiger partial charge is 0.412 e. The van der Waals surface area contributed by atoms with Gasteiger partial charge in [-0.2, -0.15) is 0 Å². The van der Waals surface area contributed by atoms with Gasteiger partial charge in [0.25, 0.3) is 10.0 Å². The van der Waals surface area contributed by atoms with Crippen LogP contribution in [0.3, 0.4) is 0 Å². The molecule has 11 heteroatoms. The average Bonchev–Trinajstić information content (AvgIpc) is 3.32. The van der Waals surface area contributed by atoms with Gasteiger partial charge in [0.15, 0.2) is 8.32 Å². The minimum absolute atomic E-state index is 0.00329. The summed E-state index contributed by atoms with van der Waals surface area (Å²) in [5.74, 6) is 0. The minimum Gasteiger partial charge on any atom is -0.412 e. The SMILES string of the molecule is CC(C)(C)[Si](C)(C)OCc1cc(Cl)ccc1N(c1nncs1)S(=O)(=O)c1ccc2cnccc2c1. The van der Waals surface area contributed by atoms with Gasteiger partial charge in [0.1, 0.15) is 5.51 Å². The second kappa shape index (κ2) is 9.59. The van der Waals surface area contributed by atoms with E-state index in [-0.39, 0.29) is 21.7 Å². The van der Waals surface area contributed by atoms with Crippen molar-refractivity contribution < 1.29 is 12.8 Å². The second-order valence-corrected chi connectivity index (χ2v) is 17.5. The van der Waals surface area contributed by atoms with Crippen LogP contribution in [0.4, 0.5) is 10.8 Å². The number of fused-ring (bicyclic) bond motifs is 1. The van der Waals surface area contributed by atoms with Gasteiger partial charge in [0.2, 0.25) is 5.13 Å². The van der Waals surface area contributed by atoms with E-state index in [1.807, 2.05) is 0 Å². The number of hydrogen-bond donors (Lipinski definition) is 0. The highest BCUT2D eigenvalue weighted by molar-refractivity contribution is 7.93. The number of benzene rings is 2. The van der Waals surface area contributed by atoms with Crippen molar-refractivity contribution in [2.45, 2.75) is 50.4 Å². The Balaban J connectivity index is 1.83. The van der Waals surface area contributed by atoms with E-state index in [4.69, 9.17) is 16.0 Å². The Labute approximate surface area is 215 Å². The number of aromatic nitrogens is 3. The first kappa shape index (κ1) is 25.7. The van der Waals surface area contributed by atoms with E-state index in [1.165, 1.54) is 9.82 Å². The van der Waals surface area contributed by atoms with Gasteiger partial charge in [-0.3, -0.25) is 4.98 Å². The highest BCUT2D eigenvalue weighted by Gasteiger charge is 2.38. The maximum Gasteiger partial charge on any atom is 0.270 e. The molecule has 0 unspecified atom stereocenters. The van der Waals surface area contributed by atoms with Crippen LogP contribution in [0.5, 0.6) is 0 Å². The van der Waals surface area contributed by atoms with Crippen molar-refractivity contribution in [1.82, 2.24) is 15.2 Å². The first-order chi connectivity index (χ1) is 16.4. The van der Waals surface area contributed by atoms with Gasteiger partial charge in [0, 0.05) is 28.4 Å². The van der Waals surface area contributed by atoms with Crippen LogP contribution in [-0.2, 0) is 21.1 Å². The van der Waals surface area contributed by atoms with Crippen LogP contribution in [0, 0.1) is 0 Å². The number of halogens is 1. The summed E-state index contributed by atoms with van der Waals surface area (Å²) in [7, 11) is -6.16. The number of pyridine rings is 1. The van der Waals surface area contributed by atoms with Gasteiger partial charge in [-0.1, -0.05) is 49.8 Å². The molecule has 2 heterocycles. The van der Waals surface area contributed by atoms with Crippen molar-refractivity contribution in [1.29, 1.82) is 0 Å². The molecule has 0 aliphatic carbocycles. The van der Waals surface area contributed by atoms with Gasteiger partial charge >= 0.3 is 0 Å². The molecule has 0 saturated heterocycles.